The Morgan fingerprint density at radius 2 is 2.05 bits per heavy atom. The van der Waals surface area contributed by atoms with E-state index in [2.05, 4.69) is 32.8 Å². The Morgan fingerprint density at radius 3 is 2.73 bits per heavy atom. The fraction of sp³-hybridized carbons (Fsp3) is 0.250. The molecule has 0 aliphatic rings. The van der Waals surface area contributed by atoms with Crippen LogP contribution in [-0.4, -0.2) is 27.7 Å². The molecular formula is C16H16ClN3OS. The number of fused-ring (bicyclic) bond motifs is 1. The van der Waals surface area contributed by atoms with Crippen molar-refractivity contribution in [3.63, 3.8) is 0 Å². The highest BCUT2D eigenvalue weighted by atomic mass is 35.5. The van der Waals surface area contributed by atoms with Gasteiger partial charge in [-0.2, -0.15) is 0 Å². The molecule has 3 aromatic rings. The molecular weight excluding hydrogens is 318 g/mol. The third-order valence-corrected chi connectivity index (χ3v) is 4.59. The lowest BCUT2D eigenvalue weighted by Crippen LogP contribution is -2.23. The quantitative estimate of drug-likeness (QED) is 0.687. The molecule has 0 amide bonds. The average molecular weight is 334 g/mol. The maximum Gasteiger partial charge on any atom is 0.225 e. The van der Waals surface area contributed by atoms with Crippen LogP contribution in [0.25, 0.3) is 21.3 Å². The predicted molar refractivity (Wildman–Crippen MR) is 92.6 cm³/mol. The van der Waals surface area contributed by atoms with Crippen LogP contribution in [0.5, 0.6) is 0 Å². The third kappa shape index (κ3) is 2.92. The topological polar surface area (TPSA) is 58.0 Å². The molecule has 1 atom stereocenters. The van der Waals surface area contributed by atoms with Crippen LogP contribution in [0, 0.1) is 0 Å². The Morgan fingerprint density at radius 1 is 1.27 bits per heavy atom. The minimum atomic E-state index is -0.0577. The highest BCUT2D eigenvalue weighted by Gasteiger charge is 2.16. The first-order valence-corrected chi connectivity index (χ1v) is 8.36. The summed E-state index contributed by atoms with van der Waals surface area (Å²) in [7, 11) is 0. The van der Waals surface area contributed by atoms with Gasteiger partial charge in [-0.1, -0.05) is 37.3 Å². The number of thiophene rings is 1. The SMILES string of the molecule is CCC(CO)Nc1nc(Cl)nc2scc(-c3ccccc3)c12. The zero-order valence-electron chi connectivity index (χ0n) is 12.1. The maximum absolute atomic E-state index is 9.43. The number of aliphatic hydroxyl groups is 1. The van der Waals surface area contributed by atoms with Crippen LogP contribution in [0.2, 0.25) is 5.28 Å². The van der Waals surface area contributed by atoms with Gasteiger partial charge in [0.05, 0.1) is 18.0 Å². The summed E-state index contributed by atoms with van der Waals surface area (Å²) in [6, 6.07) is 10.1. The second-order valence-corrected chi connectivity index (χ2v) is 6.17. The third-order valence-electron chi connectivity index (χ3n) is 3.55. The first-order chi connectivity index (χ1) is 10.7. The van der Waals surface area contributed by atoms with Crippen molar-refractivity contribution in [3.05, 3.63) is 41.0 Å². The minimum Gasteiger partial charge on any atom is -0.394 e. The Labute approximate surface area is 137 Å². The molecule has 0 aliphatic carbocycles. The first kappa shape index (κ1) is 15.2. The number of halogens is 1. The molecule has 0 bridgehead atoms. The molecule has 0 fully saturated rings. The summed E-state index contributed by atoms with van der Waals surface area (Å²) in [5, 5.41) is 15.9. The number of nitrogens with one attached hydrogen (secondary N) is 1. The first-order valence-electron chi connectivity index (χ1n) is 7.10. The van der Waals surface area contributed by atoms with E-state index in [0.29, 0.717) is 5.82 Å². The molecule has 2 heterocycles. The van der Waals surface area contributed by atoms with Gasteiger partial charge in [0.1, 0.15) is 10.6 Å². The smallest absolute Gasteiger partial charge is 0.225 e. The number of aliphatic hydroxyl groups excluding tert-OH is 1. The molecule has 0 aliphatic heterocycles. The van der Waals surface area contributed by atoms with Gasteiger partial charge in [-0.15, -0.1) is 11.3 Å². The molecule has 0 saturated carbocycles. The van der Waals surface area contributed by atoms with E-state index in [1.807, 2.05) is 25.1 Å². The van der Waals surface area contributed by atoms with E-state index in [1.54, 1.807) is 11.3 Å². The summed E-state index contributed by atoms with van der Waals surface area (Å²) in [6.07, 6.45) is 0.796. The highest BCUT2D eigenvalue weighted by Crippen LogP contribution is 2.37. The summed E-state index contributed by atoms with van der Waals surface area (Å²) in [4.78, 5) is 9.49. The Balaban J connectivity index is 2.16. The fourth-order valence-corrected chi connectivity index (χ4v) is 3.49. The van der Waals surface area contributed by atoms with Crippen molar-refractivity contribution >= 4 is 39.0 Å². The maximum atomic E-state index is 9.43. The van der Waals surface area contributed by atoms with Crippen molar-refractivity contribution in [2.24, 2.45) is 0 Å². The summed E-state index contributed by atoms with van der Waals surface area (Å²) in [6.45, 7) is 2.06. The Bertz CT molecular complexity index is 772. The van der Waals surface area contributed by atoms with Crippen molar-refractivity contribution in [2.75, 3.05) is 11.9 Å². The van der Waals surface area contributed by atoms with Crippen molar-refractivity contribution < 1.29 is 5.11 Å². The standard InChI is InChI=1S/C16H16ClN3OS/c1-2-11(8-21)18-14-13-12(10-6-4-3-5-7-10)9-22-15(13)20-16(17)19-14/h3-7,9,11,21H,2,8H2,1H3,(H,18,19,20). The van der Waals surface area contributed by atoms with Gasteiger partial charge >= 0.3 is 0 Å². The van der Waals surface area contributed by atoms with Crippen LogP contribution in [-0.2, 0) is 0 Å². The Kier molecular flexibility index (Phi) is 4.57. The fourth-order valence-electron chi connectivity index (χ4n) is 2.32. The van der Waals surface area contributed by atoms with E-state index in [0.717, 1.165) is 27.8 Å². The summed E-state index contributed by atoms with van der Waals surface area (Å²) >= 11 is 7.57. The van der Waals surface area contributed by atoms with E-state index in [1.165, 1.54) is 0 Å². The Hall–Kier alpha value is -1.69. The largest absolute Gasteiger partial charge is 0.394 e. The molecule has 0 spiro atoms. The molecule has 2 N–H and O–H groups in total. The lowest BCUT2D eigenvalue weighted by Gasteiger charge is -2.16. The number of anilines is 1. The van der Waals surface area contributed by atoms with Gasteiger partial charge in [-0.25, -0.2) is 9.97 Å². The van der Waals surface area contributed by atoms with E-state index in [4.69, 9.17) is 11.6 Å². The zero-order valence-corrected chi connectivity index (χ0v) is 13.7. The van der Waals surface area contributed by atoms with Crippen molar-refractivity contribution in [1.82, 2.24) is 9.97 Å². The normalized spacial score (nSPS) is 12.5. The van der Waals surface area contributed by atoms with E-state index >= 15 is 0 Å². The van der Waals surface area contributed by atoms with Crippen molar-refractivity contribution in [3.8, 4) is 11.1 Å². The van der Waals surface area contributed by atoms with Crippen LogP contribution in [0.3, 0.4) is 0 Å². The van der Waals surface area contributed by atoms with E-state index in [9.17, 15) is 5.11 Å². The van der Waals surface area contributed by atoms with Crippen LogP contribution < -0.4 is 5.32 Å². The molecule has 114 valence electrons. The zero-order chi connectivity index (χ0) is 15.5. The number of benzene rings is 1. The van der Waals surface area contributed by atoms with Gasteiger partial charge < -0.3 is 10.4 Å². The molecule has 1 aromatic carbocycles. The number of aromatic nitrogens is 2. The van der Waals surface area contributed by atoms with Crippen LogP contribution in [0.15, 0.2) is 35.7 Å². The lowest BCUT2D eigenvalue weighted by molar-refractivity contribution is 0.271. The van der Waals surface area contributed by atoms with Crippen molar-refractivity contribution in [1.29, 1.82) is 0 Å². The lowest BCUT2D eigenvalue weighted by atomic mass is 10.1. The highest BCUT2D eigenvalue weighted by molar-refractivity contribution is 7.17. The molecule has 22 heavy (non-hydrogen) atoms. The molecule has 4 nitrogen and oxygen atoms in total. The monoisotopic (exact) mass is 333 g/mol. The number of rotatable bonds is 5. The van der Waals surface area contributed by atoms with Gasteiger partial charge in [0, 0.05) is 10.9 Å². The second kappa shape index (κ2) is 6.60. The van der Waals surface area contributed by atoms with Gasteiger partial charge in [0.15, 0.2) is 0 Å². The van der Waals surface area contributed by atoms with Crippen LogP contribution in [0.1, 0.15) is 13.3 Å². The molecule has 1 unspecified atom stereocenters. The molecule has 3 rings (SSSR count). The van der Waals surface area contributed by atoms with Crippen LogP contribution >= 0.6 is 22.9 Å². The van der Waals surface area contributed by atoms with Crippen molar-refractivity contribution in [2.45, 2.75) is 19.4 Å². The van der Waals surface area contributed by atoms with E-state index < -0.39 is 0 Å². The summed E-state index contributed by atoms with van der Waals surface area (Å²) < 4.78 is 0. The van der Waals surface area contributed by atoms with Gasteiger partial charge in [-0.05, 0) is 23.6 Å². The molecule has 2 aromatic heterocycles. The number of hydrogen-bond acceptors (Lipinski definition) is 5. The molecule has 0 radical (unpaired) electrons. The predicted octanol–water partition coefficient (Wildman–Crippen LogP) is 4.19. The molecule has 0 saturated heterocycles. The van der Waals surface area contributed by atoms with E-state index in [-0.39, 0.29) is 17.9 Å². The number of hydrogen-bond donors (Lipinski definition) is 2. The van der Waals surface area contributed by atoms with Gasteiger partial charge in [0.25, 0.3) is 0 Å². The second-order valence-electron chi connectivity index (χ2n) is 4.97. The van der Waals surface area contributed by atoms with Gasteiger partial charge in [0.2, 0.25) is 5.28 Å². The molecule has 6 heteroatoms. The average Bonchev–Trinajstić information content (AvgIpc) is 2.97. The van der Waals surface area contributed by atoms with Crippen LogP contribution in [0.4, 0.5) is 5.82 Å². The van der Waals surface area contributed by atoms with Gasteiger partial charge in [-0.3, -0.25) is 0 Å². The number of nitrogens with zero attached hydrogens (tertiary/aromatic N) is 2. The summed E-state index contributed by atoms with van der Waals surface area (Å²) in [5.74, 6) is 0.677. The summed E-state index contributed by atoms with van der Waals surface area (Å²) in [5.41, 5.74) is 2.19. The minimum absolute atomic E-state index is 0.0461.